The Balaban J connectivity index is 3.27. The molecule has 0 bridgehead atoms. The Morgan fingerprint density at radius 2 is 2.22 bits per heavy atom. The van der Waals surface area contributed by atoms with Crippen LogP contribution in [-0.4, -0.2) is 29.7 Å². The highest BCUT2D eigenvalue weighted by Gasteiger charge is 2.13. The second-order valence-corrected chi connectivity index (χ2v) is 1.49. The Hall–Kier alpha value is -0.545. The number of carbonyl (C=O) groups excluding carboxylic acids is 1. The monoisotopic (exact) mass is 132 g/mol. The first-order valence-electron chi connectivity index (χ1n) is 2.68. The van der Waals surface area contributed by atoms with Crippen molar-refractivity contribution in [2.75, 3.05) is 6.61 Å². The van der Waals surface area contributed by atoms with E-state index in [-0.39, 0.29) is 12.9 Å². The van der Waals surface area contributed by atoms with E-state index in [4.69, 9.17) is 10.0 Å². The van der Waals surface area contributed by atoms with Crippen molar-refractivity contribution in [3.63, 3.8) is 0 Å². The van der Waals surface area contributed by atoms with Crippen molar-refractivity contribution in [3.05, 3.63) is 0 Å². The Morgan fingerprint density at radius 3 is 2.56 bits per heavy atom. The number of hydrogen-bond donors (Lipinski definition) is 2. The van der Waals surface area contributed by atoms with E-state index < -0.39 is 13.1 Å². The molecule has 0 saturated carbocycles. The largest absolute Gasteiger partial charge is 0.466 e. The van der Waals surface area contributed by atoms with Crippen molar-refractivity contribution in [1.82, 2.24) is 0 Å². The fraction of sp³-hybridized carbons (Fsp3) is 0.750. The molecule has 5 heteroatoms. The minimum absolute atomic E-state index is 0.269. The van der Waals surface area contributed by atoms with Crippen molar-refractivity contribution in [2.24, 2.45) is 0 Å². The van der Waals surface area contributed by atoms with Crippen LogP contribution >= 0.6 is 0 Å². The molecule has 0 saturated heterocycles. The second-order valence-electron chi connectivity index (χ2n) is 1.49. The third kappa shape index (κ3) is 5.32. The molecule has 0 aromatic rings. The standard InChI is InChI=1S/C4H9BO4/c1-2-9-4(6)3-5(7)8/h7-8H,2-3H2,1H3. The number of rotatable bonds is 3. The van der Waals surface area contributed by atoms with Crippen molar-refractivity contribution in [2.45, 2.75) is 13.2 Å². The Morgan fingerprint density at radius 1 is 1.67 bits per heavy atom. The van der Waals surface area contributed by atoms with Crippen LogP contribution in [0.3, 0.4) is 0 Å². The lowest BCUT2D eigenvalue weighted by Gasteiger charge is -1.98. The van der Waals surface area contributed by atoms with Crippen molar-refractivity contribution >= 4 is 13.1 Å². The molecule has 52 valence electrons. The van der Waals surface area contributed by atoms with Gasteiger partial charge in [0.25, 0.3) is 0 Å². The fourth-order valence-corrected chi connectivity index (χ4v) is 0.369. The summed E-state index contributed by atoms with van der Waals surface area (Å²) in [6, 6.07) is 0. The molecule has 0 aliphatic rings. The summed E-state index contributed by atoms with van der Waals surface area (Å²) in [5.41, 5.74) is 0. The zero-order valence-electron chi connectivity index (χ0n) is 5.20. The summed E-state index contributed by atoms with van der Waals surface area (Å²) in [6.45, 7) is 1.92. The van der Waals surface area contributed by atoms with E-state index in [0.29, 0.717) is 0 Å². The average molecular weight is 132 g/mol. The number of carbonyl (C=O) groups is 1. The molecule has 0 fully saturated rings. The Labute approximate surface area is 53.6 Å². The molecule has 0 aliphatic carbocycles. The van der Waals surface area contributed by atoms with Crippen LogP contribution in [0.1, 0.15) is 6.92 Å². The smallest absolute Gasteiger partial charge is 0.463 e. The van der Waals surface area contributed by atoms with Gasteiger partial charge in [0.2, 0.25) is 0 Å². The van der Waals surface area contributed by atoms with Gasteiger partial charge in [-0.25, -0.2) is 0 Å². The van der Waals surface area contributed by atoms with Gasteiger partial charge < -0.3 is 14.8 Å². The average Bonchev–Trinajstić information content (AvgIpc) is 1.63. The Kier molecular flexibility index (Phi) is 4.08. The minimum atomic E-state index is -1.59. The van der Waals surface area contributed by atoms with Crippen LogP contribution in [0.2, 0.25) is 6.32 Å². The van der Waals surface area contributed by atoms with Crippen LogP contribution in [0.4, 0.5) is 0 Å². The minimum Gasteiger partial charge on any atom is -0.466 e. The maximum absolute atomic E-state index is 10.3. The van der Waals surface area contributed by atoms with E-state index in [1.54, 1.807) is 6.92 Å². The maximum atomic E-state index is 10.3. The number of hydrogen-bond acceptors (Lipinski definition) is 4. The van der Waals surface area contributed by atoms with E-state index in [1.165, 1.54) is 0 Å². The summed E-state index contributed by atoms with van der Waals surface area (Å²) < 4.78 is 4.39. The fourth-order valence-electron chi connectivity index (χ4n) is 0.369. The molecule has 0 aromatic carbocycles. The molecule has 0 unspecified atom stereocenters. The van der Waals surface area contributed by atoms with Crippen LogP contribution in [-0.2, 0) is 9.53 Å². The van der Waals surface area contributed by atoms with Crippen molar-refractivity contribution in [3.8, 4) is 0 Å². The predicted octanol–water partition coefficient (Wildman–Crippen LogP) is -0.978. The third-order valence-corrected chi connectivity index (χ3v) is 0.655. The molecule has 9 heavy (non-hydrogen) atoms. The van der Waals surface area contributed by atoms with Gasteiger partial charge in [-0.3, -0.25) is 4.79 Å². The van der Waals surface area contributed by atoms with E-state index in [9.17, 15) is 4.79 Å². The van der Waals surface area contributed by atoms with Crippen LogP contribution in [0.15, 0.2) is 0 Å². The molecule has 4 nitrogen and oxygen atoms in total. The maximum Gasteiger partial charge on any atom is 0.463 e. The molecular weight excluding hydrogens is 123 g/mol. The van der Waals surface area contributed by atoms with E-state index in [0.717, 1.165) is 0 Å². The summed E-state index contributed by atoms with van der Waals surface area (Å²) >= 11 is 0. The molecule has 2 N–H and O–H groups in total. The molecule has 0 amide bonds. The highest BCUT2D eigenvalue weighted by molar-refractivity contribution is 6.45. The summed E-state index contributed by atoms with van der Waals surface area (Å²) in [7, 11) is -1.59. The van der Waals surface area contributed by atoms with Crippen molar-refractivity contribution in [1.29, 1.82) is 0 Å². The van der Waals surface area contributed by atoms with E-state index >= 15 is 0 Å². The molecule has 0 rings (SSSR count). The SMILES string of the molecule is CCOC(=O)CB(O)O. The van der Waals surface area contributed by atoms with Gasteiger partial charge >= 0.3 is 13.1 Å². The second kappa shape index (κ2) is 4.35. The van der Waals surface area contributed by atoms with Crippen LogP contribution < -0.4 is 0 Å². The molecule has 0 spiro atoms. The third-order valence-electron chi connectivity index (χ3n) is 0.655. The van der Waals surface area contributed by atoms with Gasteiger partial charge in [0.05, 0.1) is 12.9 Å². The van der Waals surface area contributed by atoms with E-state index in [2.05, 4.69) is 4.74 Å². The molecule has 0 heterocycles. The summed E-state index contributed by atoms with van der Waals surface area (Å²) in [5, 5.41) is 16.4. The number of esters is 1. The first kappa shape index (κ1) is 8.45. The molecule has 0 aromatic heterocycles. The number of ether oxygens (including phenoxy) is 1. The molecular formula is C4H9BO4. The van der Waals surface area contributed by atoms with Crippen LogP contribution in [0.25, 0.3) is 0 Å². The van der Waals surface area contributed by atoms with Gasteiger partial charge in [0.15, 0.2) is 0 Å². The quantitative estimate of drug-likeness (QED) is 0.382. The van der Waals surface area contributed by atoms with Gasteiger partial charge in [-0.15, -0.1) is 0 Å². The lowest BCUT2D eigenvalue weighted by Crippen LogP contribution is -2.18. The van der Waals surface area contributed by atoms with Gasteiger partial charge in [-0.2, -0.15) is 0 Å². The highest BCUT2D eigenvalue weighted by atomic mass is 16.5. The van der Waals surface area contributed by atoms with Gasteiger partial charge in [-0.1, -0.05) is 0 Å². The van der Waals surface area contributed by atoms with Gasteiger partial charge in [0, 0.05) is 0 Å². The lowest BCUT2D eigenvalue weighted by atomic mass is 9.87. The first-order valence-corrected chi connectivity index (χ1v) is 2.68. The summed E-state index contributed by atoms with van der Waals surface area (Å²) in [5.74, 6) is -0.590. The zero-order valence-corrected chi connectivity index (χ0v) is 5.20. The lowest BCUT2D eigenvalue weighted by molar-refractivity contribution is -0.140. The Bertz CT molecular complexity index is 92.6. The molecule has 0 aliphatic heterocycles. The van der Waals surface area contributed by atoms with Gasteiger partial charge in [-0.05, 0) is 6.92 Å². The first-order chi connectivity index (χ1) is 4.16. The van der Waals surface area contributed by atoms with Crippen molar-refractivity contribution < 1.29 is 19.6 Å². The highest BCUT2D eigenvalue weighted by Crippen LogP contribution is 1.87. The van der Waals surface area contributed by atoms with Gasteiger partial charge in [0.1, 0.15) is 0 Å². The predicted molar refractivity (Wildman–Crippen MR) is 31.6 cm³/mol. The molecule has 0 atom stereocenters. The van der Waals surface area contributed by atoms with E-state index in [1.807, 2.05) is 0 Å². The molecule has 0 radical (unpaired) electrons. The van der Waals surface area contributed by atoms with Crippen LogP contribution in [0.5, 0.6) is 0 Å². The normalized spacial score (nSPS) is 8.78. The topological polar surface area (TPSA) is 66.8 Å². The summed E-state index contributed by atoms with van der Waals surface area (Å²) in [4.78, 5) is 10.3. The zero-order chi connectivity index (χ0) is 7.28. The van der Waals surface area contributed by atoms with Crippen LogP contribution in [0, 0.1) is 0 Å². The summed E-state index contributed by atoms with van der Waals surface area (Å²) in [6.07, 6.45) is -0.353.